The molecule has 2 aromatic carbocycles. The van der Waals surface area contributed by atoms with Crippen LogP contribution in [0.1, 0.15) is 37.5 Å². The van der Waals surface area contributed by atoms with Crippen LogP contribution >= 0.6 is 0 Å². The molecule has 0 saturated carbocycles. The normalized spacial score (nSPS) is 10.4. The lowest BCUT2D eigenvalue weighted by Crippen LogP contribution is -2.24. The van der Waals surface area contributed by atoms with E-state index in [1.165, 1.54) is 24.4 Å². The molecule has 0 atom stereocenters. The first kappa shape index (κ1) is 19.2. The third kappa shape index (κ3) is 4.59. The molecular formula is C22H20FN3O2. The van der Waals surface area contributed by atoms with Crippen LogP contribution in [0.25, 0.3) is 0 Å². The molecule has 0 saturated heterocycles. The van der Waals surface area contributed by atoms with Gasteiger partial charge in [0.15, 0.2) is 0 Å². The molecule has 6 heteroatoms. The molecule has 1 heterocycles. The Labute approximate surface area is 162 Å². The van der Waals surface area contributed by atoms with E-state index in [9.17, 15) is 14.0 Å². The maximum atomic E-state index is 12.9. The summed E-state index contributed by atoms with van der Waals surface area (Å²) in [6.07, 6.45) is 1.42. The molecule has 3 rings (SSSR count). The summed E-state index contributed by atoms with van der Waals surface area (Å²) in [7, 11) is 0. The van der Waals surface area contributed by atoms with E-state index in [0.717, 1.165) is 22.4 Å². The quantitative estimate of drug-likeness (QED) is 0.705. The molecule has 0 unspecified atom stereocenters. The summed E-state index contributed by atoms with van der Waals surface area (Å²) < 4.78 is 12.9. The molecule has 1 aromatic heterocycles. The Morgan fingerprint density at radius 3 is 2.50 bits per heavy atom. The van der Waals surface area contributed by atoms with Crippen molar-refractivity contribution in [1.82, 2.24) is 10.3 Å². The molecular weight excluding hydrogens is 357 g/mol. The Morgan fingerprint density at radius 2 is 1.75 bits per heavy atom. The van der Waals surface area contributed by atoms with Crippen LogP contribution in [0.2, 0.25) is 0 Å². The molecule has 0 radical (unpaired) electrons. The monoisotopic (exact) mass is 377 g/mol. The van der Waals surface area contributed by atoms with Crippen LogP contribution in [-0.2, 0) is 6.54 Å². The second-order valence-corrected chi connectivity index (χ2v) is 6.44. The molecule has 0 spiro atoms. The van der Waals surface area contributed by atoms with Crippen molar-refractivity contribution >= 4 is 17.5 Å². The van der Waals surface area contributed by atoms with Gasteiger partial charge in [0, 0.05) is 24.0 Å². The number of nitrogens with zero attached hydrogens (tertiary/aromatic N) is 1. The number of amides is 2. The minimum atomic E-state index is -0.411. The van der Waals surface area contributed by atoms with Crippen molar-refractivity contribution in [3.05, 3.63) is 94.6 Å². The molecule has 0 fully saturated rings. The van der Waals surface area contributed by atoms with Gasteiger partial charge in [-0.25, -0.2) is 4.39 Å². The average Bonchev–Trinajstić information content (AvgIpc) is 2.71. The fourth-order valence-electron chi connectivity index (χ4n) is 2.65. The van der Waals surface area contributed by atoms with E-state index in [0.29, 0.717) is 5.56 Å². The lowest BCUT2D eigenvalue weighted by atomic mass is 10.1. The first-order valence-corrected chi connectivity index (χ1v) is 8.80. The second-order valence-electron chi connectivity index (χ2n) is 6.44. The van der Waals surface area contributed by atoms with E-state index in [1.807, 2.05) is 32.0 Å². The van der Waals surface area contributed by atoms with Gasteiger partial charge in [-0.3, -0.25) is 14.6 Å². The SMILES string of the molecule is Cc1cccc(NC(=O)c2ccnc(C(=O)NCc3ccc(F)cc3)c2)c1C. The Balaban J connectivity index is 1.68. The molecule has 2 amide bonds. The highest BCUT2D eigenvalue weighted by Gasteiger charge is 2.13. The number of nitrogens with one attached hydrogen (secondary N) is 2. The van der Waals surface area contributed by atoms with Crippen molar-refractivity contribution < 1.29 is 14.0 Å². The van der Waals surface area contributed by atoms with Crippen molar-refractivity contribution in [2.45, 2.75) is 20.4 Å². The number of halogens is 1. The van der Waals surface area contributed by atoms with Crippen LogP contribution < -0.4 is 10.6 Å². The van der Waals surface area contributed by atoms with E-state index >= 15 is 0 Å². The third-order valence-corrected chi connectivity index (χ3v) is 4.47. The fourth-order valence-corrected chi connectivity index (χ4v) is 2.65. The van der Waals surface area contributed by atoms with Gasteiger partial charge in [0.2, 0.25) is 0 Å². The lowest BCUT2D eigenvalue weighted by Gasteiger charge is -2.11. The largest absolute Gasteiger partial charge is 0.347 e. The van der Waals surface area contributed by atoms with E-state index in [-0.39, 0.29) is 24.0 Å². The summed E-state index contributed by atoms with van der Waals surface area (Å²) in [5.74, 6) is -1.06. The predicted molar refractivity (Wildman–Crippen MR) is 106 cm³/mol. The van der Waals surface area contributed by atoms with Gasteiger partial charge in [-0.05, 0) is 60.9 Å². The molecule has 28 heavy (non-hydrogen) atoms. The van der Waals surface area contributed by atoms with Gasteiger partial charge in [0.1, 0.15) is 11.5 Å². The van der Waals surface area contributed by atoms with Gasteiger partial charge >= 0.3 is 0 Å². The molecule has 0 bridgehead atoms. The van der Waals surface area contributed by atoms with E-state index in [2.05, 4.69) is 15.6 Å². The molecule has 0 aliphatic heterocycles. The summed E-state index contributed by atoms with van der Waals surface area (Å²) in [6, 6.07) is 14.5. The maximum absolute atomic E-state index is 12.9. The Kier molecular flexibility index (Phi) is 5.79. The third-order valence-electron chi connectivity index (χ3n) is 4.47. The number of hydrogen-bond acceptors (Lipinski definition) is 3. The van der Waals surface area contributed by atoms with Gasteiger partial charge < -0.3 is 10.6 Å². The van der Waals surface area contributed by atoms with Crippen molar-refractivity contribution in [1.29, 1.82) is 0 Å². The van der Waals surface area contributed by atoms with Crippen LogP contribution in [0, 0.1) is 19.7 Å². The zero-order valence-electron chi connectivity index (χ0n) is 15.6. The van der Waals surface area contributed by atoms with Gasteiger partial charge in [-0.15, -0.1) is 0 Å². The van der Waals surface area contributed by atoms with Crippen LogP contribution in [-0.4, -0.2) is 16.8 Å². The Bertz CT molecular complexity index is 1020. The fraction of sp³-hybridized carbons (Fsp3) is 0.136. The number of carbonyl (C=O) groups is 2. The zero-order chi connectivity index (χ0) is 20.1. The number of carbonyl (C=O) groups excluding carboxylic acids is 2. The number of rotatable bonds is 5. The lowest BCUT2D eigenvalue weighted by molar-refractivity contribution is 0.0946. The summed E-state index contributed by atoms with van der Waals surface area (Å²) in [4.78, 5) is 28.9. The highest BCUT2D eigenvalue weighted by molar-refractivity contribution is 6.06. The topological polar surface area (TPSA) is 71.1 Å². The average molecular weight is 377 g/mol. The van der Waals surface area contributed by atoms with Gasteiger partial charge in [-0.2, -0.15) is 0 Å². The number of anilines is 1. The smallest absolute Gasteiger partial charge is 0.270 e. The van der Waals surface area contributed by atoms with Crippen LogP contribution in [0.3, 0.4) is 0 Å². The first-order chi connectivity index (χ1) is 13.4. The first-order valence-electron chi connectivity index (χ1n) is 8.80. The van der Waals surface area contributed by atoms with Crippen molar-refractivity contribution in [2.24, 2.45) is 0 Å². The molecule has 142 valence electrons. The van der Waals surface area contributed by atoms with Crippen molar-refractivity contribution in [2.75, 3.05) is 5.32 Å². The predicted octanol–water partition coefficient (Wildman–Crippen LogP) is 4.02. The maximum Gasteiger partial charge on any atom is 0.270 e. The molecule has 2 N–H and O–H groups in total. The highest BCUT2D eigenvalue weighted by Crippen LogP contribution is 2.19. The summed E-state index contributed by atoms with van der Waals surface area (Å²) >= 11 is 0. The summed E-state index contributed by atoms with van der Waals surface area (Å²) in [6.45, 7) is 4.15. The van der Waals surface area contributed by atoms with E-state index in [1.54, 1.807) is 18.2 Å². The minimum absolute atomic E-state index is 0.135. The molecule has 0 aliphatic rings. The van der Waals surface area contributed by atoms with Gasteiger partial charge in [0.05, 0.1) is 0 Å². The number of aromatic nitrogens is 1. The van der Waals surface area contributed by atoms with E-state index in [4.69, 9.17) is 0 Å². The van der Waals surface area contributed by atoms with Gasteiger partial charge in [0.25, 0.3) is 11.8 Å². The molecule has 3 aromatic rings. The van der Waals surface area contributed by atoms with Crippen LogP contribution in [0.4, 0.5) is 10.1 Å². The Morgan fingerprint density at radius 1 is 1.00 bits per heavy atom. The van der Waals surface area contributed by atoms with Crippen LogP contribution in [0.5, 0.6) is 0 Å². The van der Waals surface area contributed by atoms with Crippen molar-refractivity contribution in [3.8, 4) is 0 Å². The number of aryl methyl sites for hydroxylation is 1. The van der Waals surface area contributed by atoms with Gasteiger partial charge in [-0.1, -0.05) is 24.3 Å². The minimum Gasteiger partial charge on any atom is -0.347 e. The molecule has 5 nitrogen and oxygen atoms in total. The number of hydrogen-bond donors (Lipinski definition) is 2. The van der Waals surface area contributed by atoms with E-state index < -0.39 is 5.91 Å². The van der Waals surface area contributed by atoms with Crippen molar-refractivity contribution in [3.63, 3.8) is 0 Å². The second kappa shape index (κ2) is 8.43. The van der Waals surface area contributed by atoms with Crippen LogP contribution in [0.15, 0.2) is 60.8 Å². The Hall–Kier alpha value is -3.54. The standard InChI is InChI=1S/C22H20FN3O2/c1-14-4-3-5-19(15(14)2)26-21(27)17-10-11-24-20(12-17)22(28)25-13-16-6-8-18(23)9-7-16/h3-12H,13H2,1-2H3,(H,25,28)(H,26,27). The number of pyridine rings is 1. The number of benzene rings is 2. The summed E-state index contributed by atoms with van der Waals surface area (Å²) in [5, 5.41) is 5.57. The highest BCUT2D eigenvalue weighted by atomic mass is 19.1. The summed E-state index contributed by atoms with van der Waals surface area (Å²) in [5.41, 5.74) is 4.02. The zero-order valence-corrected chi connectivity index (χ0v) is 15.6. The molecule has 0 aliphatic carbocycles.